The van der Waals surface area contributed by atoms with Crippen molar-refractivity contribution in [3.05, 3.63) is 42.5 Å². The van der Waals surface area contributed by atoms with Crippen LogP contribution in [-0.2, 0) is 11.2 Å². The standard InChI is InChI=1S/C24H40O3/c1-4-6-7-8-9-10-11-12-13-14-16-22-17-15-18-23(20-22)26-21-24(3,25)27-19-5-2/h5,15,17-18,20,25H,2,4,6-14,16,19,21H2,1,3H3. The summed E-state index contributed by atoms with van der Waals surface area (Å²) in [6.07, 6.45) is 16.2. The second-order valence-electron chi connectivity index (χ2n) is 7.64. The van der Waals surface area contributed by atoms with Crippen LogP contribution in [0.1, 0.15) is 83.6 Å². The van der Waals surface area contributed by atoms with Crippen LogP contribution in [0.2, 0.25) is 0 Å². The van der Waals surface area contributed by atoms with Crippen molar-refractivity contribution in [1.29, 1.82) is 0 Å². The van der Waals surface area contributed by atoms with E-state index in [2.05, 4.69) is 25.6 Å². The highest BCUT2D eigenvalue weighted by Gasteiger charge is 2.21. The Morgan fingerprint density at radius 1 is 1.00 bits per heavy atom. The Morgan fingerprint density at radius 3 is 2.26 bits per heavy atom. The highest BCUT2D eigenvalue weighted by molar-refractivity contribution is 5.28. The van der Waals surface area contributed by atoms with Crippen LogP contribution in [0.4, 0.5) is 0 Å². The van der Waals surface area contributed by atoms with Gasteiger partial charge < -0.3 is 14.6 Å². The summed E-state index contributed by atoms with van der Waals surface area (Å²) in [5, 5.41) is 10.1. The van der Waals surface area contributed by atoms with Crippen LogP contribution >= 0.6 is 0 Å². The first kappa shape index (κ1) is 23.7. The molecule has 0 bridgehead atoms. The number of rotatable bonds is 17. The van der Waals surface area contributed by atoms with Gasteiger partial charge in [-0.05, 0) is 37.5 Å². The highest BCUT2D eigenvalue weighted by Crippen LogP contribution is 2.18. The summed E-state index contributed by atoms with van der Waals surface area (Å²) in [4.78, 5) is 0. The fourth-order valence-electron chi connectivity index (χ4n) is 3.10. The molecule has 0 amide bonds. The number of hydrogen-bond donors (Lipinski definition) is 1. The minimum absolute atomic E-state index is 0.0998. The molecule has 0 spiro atoms. The van der Waals surface area contributed by atoms with Crippen molar-refractivity contribution >= 4 is 0 Å². The summed E-state index contributed by atoms with van der Waals surface area (Å²) in [6.45, 7) is 7.85. The maximum absolute atomic E-state index is 10.1. The van der Waals surface area contributed by atoms with Gasteiger partial charge in [-0.15, -0.1) is 6.58 Å². The third-order valence-corrected chi connectivity index (χ3v) is 4.74. The first-order chi connectivity index (χ1) is 13.1. The number of unbranched alkanes of at least 4 members (excludes halogenated alkanes) is 9. The molecule has 3 heteroatoms. The van der Waals surface area contributed by atoms with E-state index in [0.717, 1.165) is 12.2 Å². The zero-order chi connectivity index (χ0) is 19.8. The van der Waals surface area contributed by atoms with E-state index in [1.54, 1.807) is 13.0 Å². The lowest BCUT2D eigenvalue weighted by Crippen LogP contribution is -2.35. The lowest BCUT2D eigenvalue weighted by Gasteiger charge is -2.23. The Hall–Kier alpha value is -1.32. The van der Waals surface area contributed by atoms with Crippen molar-refractivity contribution in [2.24, 2.45) is 0 Å². The van der Waals surface area contributed by atoms with Crippen molar-refractivity contribution in [1.82, 2.24) is 0 Å². The fourth-order valence-corrected chi connectivity index (χ4v) is 3.10. The monoisotopic (exact) mass is 376 g/mol. The number of aliphatic hydroxyl groups is 1. The molecular formula is C24H40O3. The summed E-state index contributed by atoms with van der Waals surface area (Å²) in [6, 6.07) is 8.15. The number of hydrogen-bond acceptors (Lipinski definition) is 3. The smallest absolute Gasteiger partial charge is 0.197 e. The van der Waals surface area contributed by atoms with E-state index < -0.39 is 5.79 Å². The first-order valence-electron chi connectivity index (χ1n) is 10.8. The van der Waals surface area contributed by atoms with Crippen molar-refractivity contribution < 1.29 is 14.6 Å². The molecule has 1 aromatic rings. The van der Waals surface area contributed by atoms with Gasteiger partial charge in [0.15, 0.2) is 5.79 Å². The van der Waals surface area contributed by atoms with Gasteiger partial charge in [-0.3, -0.25) is 0 Å². The Balaban J connectivity index is 2.16. The largest absolute Gasteiger partial charge is 0.488 e. The molecule has 0 aromatic heterocycles. The summed E-state index contributed by atoms with van der Waals surface area (Å²) < 4.78 is 11.0. The van der Waals surface area contributed by atoms with Crippen LogP contribution in [0.5, 0.6) is 5.75 Å². The third kappa shape index (κ3) is 12.6. The van der Waals surface area contributed by atoms with E-state index in [-0.39, 0.29) is 6.61 Å². The van der Waals surface area contributed by atoms with Crippen LogP contribution < -0.4 is 4.74 Å². The number of ether oxygens (including phenoxy) is 2. The van der Waals surface area contributed by atoms with Crippen LogP contribution in [0.15, 0.2) is 36.9 Å². The minimum Gasteiger partial charge on any atom is -0.488 e. The van der Waals surface area contributed by atoms with Gasteiger partial charge in [0.2, 0.25) is 0 Å². The normalized spacial score (nSPS) is 13.3. The fraction of sp³-hybridized carbons (Fsp3) is 0.667. The Kier molecular flexibility index (Phi) is 12.9. The molecule has 0 fully saturated rings. The molecule has 0 saturated heterocycles. The number of benzene rings is 1. The molecule has 1 atom stereocenters. The molecule has 1 N–H and O–H groups in total. The molecule has 1 rings (SSSR count). The predicted octanol–water partition coefficient (Wildman–Crippen LogP) is 6.44. The van der Waals surface area contributed by atoms with Gasteiger partial charge in [0.1, 0.15) is 12.4 Å². The third-order valence-electron chi connectivity index (χ3n) is 4.74. The van der Waals surface area contributed by atoms with Crippen LogP contribution in [0.25, 0.3) is 0 Å². The summed E-state index contributed by atoms with van der Waals surface area (Å²) in [5.41, 5.74) is 1.29. The van der Waals surface area contributed by atoms with Gasteiger partial charge in [0.05, 0.1) is 6.61 Å². The molecule has 1 aromatic carbocycles. The molecule has 0 saturated carbocycles. The van der Waals surface area contributed by atoms with E-state index in [1.807, 2.05) is 12.1 Å². The number of aryl methyl sites for hydroxylation is 1. The van der Waals surface area contributed by atoms with Gasteiger partial charge >= 0.3 is 0 Å². The van der Waals surface area contributed by atoms with Gasteiger partial charge in [-0.2, -0.15) is 0 Å². The summed E-state index contributed by atoms with van der Waals surface area (Å²) in [5.74, 6) is -0.525. The maximum atomic E-state index is 10.1. The minimum atomic E-state index is -1.30. The lowest BCUT2D eigenvalue weighted by atomic mass is 10.0. The second-order valence-corrected chi connectivity index (χ2v) is 7.64. The SMILES string of the molecule is C=CCOC(C)(O)COc1cccc(CCCCCCCCCCCC)c1. The average molecular weight is 377 g/mol. The van der Waals surface area contributed by atoms with Gasteiger partial charge in [-0.25, -0.2) is 0 Å². The van der Waals surface area contributed by atoms with Gasteiger partial charge in [-0.1, -0.05) is 82.9 Å². The zero-order valence-electron chi connectivity index (χ0n) is 17.5. The topological polar surface area (TPSA) is 38.7 Å². The van der Waals surface area contributed by atoms with Crippen molar-refractivity contribution in [2.45, 2.75) is 90.3 Å². The highest BCUT2D eigenvalue weighted by atomic mass is 16.6. The average Bonchev–Trinajstić information content (AvgIpc) is 2.67. The quantitative estimate of drug-likeness (QED) is 0.193. The van der Waals surface area contributed by atoms with Crippen molar-refractivity contribution in [3.63, 3.8) is 0 Å². The Morgan fingerprint density at radius 2 is 1.63 bits per heavy atom. The Labute approximate surface area is 166 Å². The van der Waals surface area contributed by atoms with Crippen LogP contribution in [0.3, 0.4) is 0 Å². The molecule has 154 valence electrons. The van der Waals surface area contributed by atoms with Gasteiger partial charge in [0.25, 0.3) is 0 Å². The second kappa shape index (κ2) is 14.7. The lowest BCUT2D eigenvalue weighted by molar-refractivity contribution is -0.199. The molecule has 0 aliphatic heterocycles. The molecule has 1 unspecified atom stereocenters. The van der Waals surface area contributed by atoms with Crippen LogP contribution in [-0.4, -0.2) is 24.1 Å². The first-order valence-corrected chi connectivity index (χ1v) is 10.8. The van der Waals surface area contributed by atoms with E-state index in [0.29, 0.717) is 6.61 Å². The molecule has 3 nitrogen and oxygen atoms in total. The van der Waals surface area contributed by atoms with Crippen LogP contribution in [0, 0.1) is 0 Å². The maximum Gasteiger partial charge on any atom is 0.197 e. The molecule has 0 aliphatic carbocycles. The molecular weight excluding hydrogens is 336 g/mol. The molecule has 27 heavy (non-hydrogen) atoms. The van der Waals surface area contributed by atoms with E-state index in [1.165, 1.54) is 69.8 Å². The van der Waals surface area contributed by atoms with E-state index >= 15 is 0 Å². The zero-order valence-corrected chi connectivity index (χ0v) is 17.5. The van der Waals surface area contributed by atoms with E-state index in [4.69, 9.17) is 9.47 Å². The van der Waals surface area contributed by atoms with E-state index in [9.17, 15) is 5.11 Å². The Bertz CT molecular complexity index is 496. The summed E-state index contributed by atoms with van der Waals surface area (Å²) in [7, 11) is 0. The van der Waals surface area contributed by atoms with Gasteiger partial charge in [0, 0.05) is 0 Å². The molecule has 0 radical (unpaired) electrons. The van der Waals surface area contributed by atoms with Crippen molar-refractivity contribution in [2.75, 3.05) is 13.2 Å². The molecule has 0 aliphatic rings. The molecule has 0 heterocycles. The predicted molar refractivity (Wildman–Crippen MR) is 114 cm³/mol. The summed E-state index contributed by atoms with van der Waals surface area (Å²) >= 11 is 0. The van der Waals surface area contributed by atoms with Crippen molar-refractivity contribution in [3.8, 4) is 5.75 Å².